The SMILES string of the molecule is NC(=O)c1ccccc1OCc1csc(-c2ccsc2)n1. The van der Waals surface area contributed by atoms with E-state index in [1.807, 2.05) is 16.8 Å². The van der Waals surface area contributed by atoms with Crippen molar-refractivity contribution in [1.29, 1.82) is 0 Å². The molecule has 1 aromatic carbocycles. The Hall–Kier alpha value is -2.18. The number of thiazole rings is 1. The van der Waals surface area contributed by atoms with Gasteiger partial charge in [0, 0.05) is 16.3 Å². The Morgan fingerprint density at radius 3 is 2.86 bits per heavy atom. The summed E-state index contributed by atoms with van der Waals surface area (Å²) in [5, 5.41) is 7.01. The van der Waals surface area contributed by atoms with Gasteiger partial charge in [0.15, 0.2) is 0 Å². The first-order valence-electron chi connectivity index (χ1n) is 6.22. The van der Waals surface area contributed by atoms with E-state index in [2.05, 4.69) is 10.4 Å². The zero-order valence-corrected chi connectivity index (χ0v) is 12.6. The fraction of sp³-hybridized carbons (Fsp3) is 0.0667. The Kier molecular flexibility index (Phi) is 3.98. The third kappa shape index (κ3) is 3.12. The Balaban J connectivity index is 1.73. The molecule has 1 amide bonds. The number of para-hydroxylation sites is 1. The van der Waals surface area contributed by atoms with Gasteiger partial charge in [-0.2, -0.15) is 11.3 Å². The van der Waals surface area contributed by atoms with Crippen LogP contribution in [0, 0.1) is 0 Å². The van der Waals surface area contributed by atoms with Crippen LogP contribution >= 0.6 is 22.7 Å². The van der Waals surface area contributed by atoms with E-state index < -0.39 is 5.91 Å². The predicted octanol–water partition coefficient (Wildman–Crippen LogP) is 3.55. The summed E-state index contributed by atoms with van der Waals surface area (Å²) in [7, 11) is 0. The van der Waals surface area contributed by atoms with Crippen molar-refractivity contribution in [3.05, 3.63) is 57.7 Å². The first kappa shape index (κ1) is 13.8. The third-order valence-corrected chi connectivity index (χ3v) is 4.47. The van der Waals surface area contributed by atoms with E-state index in [0.717, 1.165) is 16.3 Å². The topological polar surface area (TPSA) is 65.2 Å². The molecule has 0 spiro atoms. The van der Waals surface area contributed by atoms with Crippen molar-refractivity contribution in [3.63, 3.8) is 0 Å². The molecule has 0 aliphatic heterocycles. The van der Waals surface area contributed by atoms with Crippen LogP contribution in [0.15, 0.2) is 46.5 Å². The molecule has 0 saturated carbocycles. The van der Waals surface area contributed by atoms with E-state index in [1.54, 1.807) is 46.9 Å². The summed E-state index contributed by atoms with van der Waals surface area (Å²) in [5.41, 5.74) is 7.65. The maximum Gasteiger partial charge on any atom is 0.252 e. The molecule has 0 fully saturated rings. The lowest BCUT2D eigenvalue weighted by molar-refractivity contribution is 0.0996. The highest BCUT2D eigenvalue weighted by Gasteiger charge is 2.10. The van der Waals surface area contributed by atoms with Crippen LogP contribution in [0.5, 0.6) is 5.75 Å². The fourth-order valence-corrected chi connectivity index (χ4v) is 3.36. The minimum Gasteiger partial charge on any atom is -0.486 e. The average Bonchev–Trinajstić information content (AvgIpc) is 3.16. The summed E-state index contributed by atoms with van der Waals surface area (Å²) in [6.07, 6.45) is 0. The van der Waals surface area contributed by atoms with Crippen LogP contribution < -0.4 is 10.5 Å². The highest BCUT2D eigenvalue weighted by molar-refractivity contribution is 7.14. The van der Waals surface area contributed by atoms with Crippen LogP contribution in [0.2, 0.25) is 0 Å². The van der Waals surface area contributed by atoms with Gasteiger partial charge in [0.2, 0.25) is 0 Å². The molecule has 6 heteroatoms. The standard InChI is InChI=1S/C15H12N2O2S2/c16-14(18)12-3-1-2-4-13(12)19-7-11-9-21-15(17-11)10-5-6-20-8-10/h1-6,8-9H,7H2,(H2,16,18). The molecule has 106 valence electrons. The molecule has 2 N–H and O–H groups in total. The van der Waals surface area contributed by atoms with Gasteiger partial charge < -0.3 is 10.5 Å². The molecule has 3 aromatic rings. The molecular weight excluding hydrogens is 304 g/mol. The van der Waals surface area contributed by atoms with Gasteiger partial charge in [0.1, 0.15) is 17.4 Å². The molecule has 4 nitrogen and oxygen atoms in total. The summed E-state index contributed by atoms with van der Waals surface area (Å²) in [6, 6.07) is 8.97. The number of nitrogens with two attached hydrogens (primary N) is 1. The highest BCUT2D eigenvalue weighted by Crippen LogP contribution is 2.26. The second kappa shape index (κ2) is 6.07. The molecule has 0 aliphatic carbocycles. The maximum absolute atomic E-state index is 11.3. The molecule has 0 aliphatic rings. The van der Waals surface area contributed by atoms with Gasteiger partial charge in [-0.1, -0.05) is 12.1 Å². The molecule has 2 aromatic heterocycles. The number of carbonyl (C=O) groups is 1. The van der Waals surface area contributed by atoms with Crippen molar-refractivity contribution in [3.8, 4) is 16.3 Å². The lowest BCUT2D eigenvalue weighted by atomic mass is 10.2. The monoisotopic (exact) mass is 316 g/mol. The number of carbonyl (C=O) groups excluding carboxylic acids is 1. The Labute approximate surface area is 129 Å². The van der Waals surface area contributed by atoms with Gasteiger partial charge in [0.25, 0.3) is 5.91 Å². The first-order valence-corrected chi connectivity index (χ1v) is 8.05. The molecule has 0 bridgehead atoms. The van der Waals surface area contributed by atoms with Crippen molar-refractivity contribution in [2.45, 2.75) is 6.61 Å². The van der Waals surface area contributed by atoms with E-state index in [0.29, 0.717) is 17.9 Å². The molecule has 0 unspecified atom stereocenters. The lowest BCUT2D eigenvalue weighted by Gasteiger charge is -2.07. The van der Waals surface area contributed by atoms with Gasteiger partial charge in [-0.25, -0.2) is 4.98 Å². The summed E-state index contributed by atoms with van der Waals surface area (Å²) < 4.78 is 5.66. The van der Waals surface area contributed by atoms with Crippen molar-refractivity contribution >= 4 is 28.6 Å². The second-order valence-electron chi connectivity index (χ2n) is 4.31. The molecule has 0 atom stereocenters. The minimum absolute atomic E-state index is 0.310. The molecule has 0 radical (unpaired) electrons. The van der Waals surface area contributed by atoms with E-state index >= 15 is 0 Å². The number of amides is 1. The molecule has 2 heterocycles. The largest absolute Gasteiger partial charge is 0.486 e. The van der Waals surface area contributed by atoms with Crippen molar-refractivity contribution in [2.75, 3.05) is 0 Å². The van der Waals surface area contributed by atoms with Crippen molar-refractivity contribution < 1.29 is 9.53 Å². The summed E-state index contributed by atoms with van der Waals surface area (Å²) in [6.45, 7) is 0.310. The number of benzene rings is 1. The number of nitrogens with zero attached hydrogens (tertiary/aromatic N) is 1. The Morgan fingerprint density at radius 2 is 2.10 bits per heavy atom. The molecular formula is C15H12N2O2S2. The van der Waals surface area contributed by atoms with Gasteiger partial charge in [-0.15, -0.1) is 11.3 Å². The maximum atomic E-state index is 11.3. The third-order valence-electron chi connectivity index (χ3n) is 2.85. The van der Waals surface area contributed by atoms with Crippen LogP contribution in [-0.2, 0) is 6.61 Å². The van der Waals surface area contributed by atoms with Gasteiger partial charge in [0.05, 0.1) is 11.3 Å². The predicted molar refractivity (Wildman–Crippen MR) is 84.7 cm³/mol. The number of ether oxygens (including phenoxy) is 1. The van der Waals surface area contributed by atoms with Gasteiger partial charge in [-0.05, 0) is 23.6 Å². The number of primary amides is 1. The highest BCUT2D eigenvalue weighted by atomic mass is 32.1. The lowest BCUT2D eigenvalue weighted by Crippen LogP contribution is -2.12. The van der Waals surface area contributed by atoms with Crippen molar-refractivity contribution in [2.24, 2.45) is 5.73 Å². The second-order valence-corrected chi connectivity index (χ2v) is 5.94. The number of hydrogen-bond acceptors (Lipinski definition) is 5. The van der Waals surface area contributed by atoms with E-state index in [1.165, 1.54) is 0 Å². The van der Waals surface area contributed by atoms with E-state index in [4.69, 9.17) is 10.5 Å². The van der Waals surface area contributed by atoms with E-state index in [-0.39, 0.29) is 0 Å². The Bertz CT molecular complexity index is 751. The van der Waals surface area contributed by atoms with Crippen LogP contribution in [0.4, 0.5) is 0 Å². The molecule has 21 heavy (non-hydrogen) atoms. The molecule has 0 saturated heterocycles. The minimum atomic E-state index is -0.497. The van der Waals surface area contributed by atoms with E-state index in [9.17, 15) is 4.79 Å². The van der Waals surface area contributed by atoms with Crippen LogP contribution in [0.3, 0.4) is 0 Å². The molecule has 3 rings (SSSR count). The van der Waals surface area contributed by atoms with Crippen LogP contribution in [0.1, 0.15) is 16.1 Å². The number of rotatable bonds is 5. The Morgan fingerprint density at radius 1 is 1.24 bits per heavy atom. The summed E-state index contributed by atoms with van der Waals surface area (Å²) in [4.78, 5) is 15.8. The van der Waals surface area contributed by atoms with Crippen LogP contribution in [0.25, 0.3) is 10.6 Å². The fourth-order valence-electron chi connectivity index (χ4n) is 1.84. The van der Waals surface area contributed by atoms with Crippen LogP contribution in [-0.4, -0.2) is 10.9 Å². The smallest absolute Gasteiger partial charge is 0.252 e. The normalized spacial score (nSPS) is 10.5. The summed E-state index contributed by atoms with van der Waals surface area (Å²) in [5.74, 6) is -0.0158. The zero-order valence-electron chi connectivity index (χ0n) is 11.0. The van der Waals surface area contributed by atoms with Crippen molar-refractivity contribution in [1.82, 2.24) is 4.98 Å². The average molecular weight is 316 g/mol. The van der Waals surface area contributed by atoms with Gasteiger partial charge >= 0.3 is 0 Å². The number of aromatic nitrogens is 1. The zero-order chi connectivity index (χ0) is 14.7. The van der Waals surface area contributed by atoms with Gasteiger partial charge in [-0.3, -0.25) is 4.79 Å². The first-order chi connectivity index (χ1) is 10.2. The number of hydrogen-bond donors (Lipinski definition) is 1. The summed E-state index contributed by atoms with van der Waals surface area (Å²) >= 11 is 3.22. The quantitative estimate of drug-likeness (QED) is 0.783. The number of thiophene rings is 1.